The number of sulfonamides is 1. The Hall–Kier alpha value is -2.19. The van der Waals surface area contributed by atoms with E-state index in [-0.39, 0.29) is 10.5 Å². The largest absolute Gasteiger partial charge is 0.361 e. The van der Waals surface area contributed by atoms with Crippen LogP contribution < -0.4 is 10.5 Å². The zero-order valence-electron chi connectivity index (χ0n) is 10.9. The lowest BCUT2D eigenvalue weighted by molar-refractivity contribution is 0.102. The van der Waals surface area contributed by atoms with E-state index in [0.717, 1.165) is 0 Å². The molecule has 1 aromatic carbocycles. The number of nitrogens with two attached hydrogens (primary N) is 1. The summed E-state index contributed by atoms with van der Waals surface area (Å²) in [6, 6.07) is 4.47. The van der Waals surface area contributed by atoms with Gasteiger partial charge < -0.3 is 9.84 Å². The second-order valence-electron chi connectivity index (χ2n) is 4.22. The third-order valence-corrected chi connectivity index (χ3v) is 3.89. The van der Waals surface area contributed by atoms with Crippen molar-refractivity contribution in [2.24, 2.45) is 5.14 Å². The molecule has 0 aliphatic rings. The van der Waals surface area contributed by atoms with Gasteiger partial charge in [-0.3, -0.25) is 4.79 Å². The first kappa shape index (κ1) is 14.2. The number of carbonyl (C=O) groups is 1. The van der Waals surface area contributed by atoms with Crippen LogP contribution >= 0.6 is 0 Å². The van der Waals surface area contributed by atoms with Crippen molar-refractivity contribution >= 4 is 21.6 Å². The summed E-state index contributed by atoms with van der Waals surface area (Å²) in [5.41, 5.74) is 1.02. The van der Waals surface area contributed by atoms with Crippen molar-refractivity contribution in [3.05, 3.63) is 41.3 Å². The summed E-state index contributed by atoms with van der Waals surface area (Å²) in [7, 11) is -3.84. The van der Waals surface area contributed by atoms with Crippen LogP contribution in [0.5, 0.6) is 0 Å². The van der Waals surface area contributed by atoms with Crippen LogP contribution in [0, 0.1) is 13.8 Å². The van der Waals surface area contributed by atoms with E-state index in [0.29, 0.717) is 17.0 Å². The Morgan fingerprint density at radius 1 is 1.35 bits per heavy atom. The number of amides is 1. The van der Waals surface area contributed by atoms with Crippen molar-refractivity contribution in [2.45, 2.75) is 18.7 Å². The van der Waals surface area contributed by atoms with E-state index in [9.17, 15) is 13.2 Å². The molecule has 2 aromatic rings. The molecule has 7 nitrogen and oxygen atoms in total. The fourth-order valence-electron chi connectivity index (χ4n) is 1.76. The number of anilines is 1. The number of nitrogens with zero attached hydrogens (tertiary/aromatic N) is 1. The van der Waals surface area contributed by atoms with Gasteiger partial charge in [0.15, 0.2) is 0 Å². The number of primary sulfonamides is 1. The predicted octanol–water partition coefficient (Wildman–Crippen LogP) is 1.19. The van der Waals surface area contributed by atoms with Crippen LogP contribution in [0.1, 0.15) is 21.7 Å². The Kier molecular flexibility index (Phi) is 3.60. The maximum Gasteiger partial charge on any atom is 0.260 e. The Morgan fingerprint density at radius 2 is 2.05 bits per heavy atom. The van der Waals surface area contributed by atoms with Gasteiger partial charge in [-0.15, -0.1) is 0 Å². The van der Waals surface area contributed by atoms with Gasteiger partial charge in [0.25, 0.3) is 5.91 Å². The molecule has 0 bridgehead atoms. The first-order valence-electron chi connectivity index (χ1n) is 5.65. The summed E-state index contributed by atoms with van der Waals surface area (Å²) in [5, 5.41) is 11.2. The van der Waals surface area contributed by atoms with Gasteiger partial charge in [-0.25, -0.2) is 13.6 Å². The van der Waals surface area contributed by atoms with Gasteiger partial charge in [0.05, 0.1) is 11.1 Å². The van der Waals surface area contributed by atoms with Crippen molar-refractivity contribution in [2.75, 3.05) is 5.32 Å². The summed E-state index contributed by atoms with van der Waals surface area (Å²) in [6.07, 6.45) is 1.30. The number of nitrogens with one attached hydrogen (secondary N) is 1. The fourth-order valence-corrected chi connectivity index (χ4v) is 2.57. The molecule has 0 aliphatic carbocycles. The molecule has 0 spiro atoms. The van der Waals surface area contributed by atoms with Gasteiger partial charge in [-0.1, -0.05) is 11.2 Å². The maximum absolute atomic E-state index is 12.0. The lowest BCUT2D eigenvalue weighted by atomic mass is 10.2. The summed E-state index contributed by atoms with van der Waals surface area (Å²) < 4.78 is 27.6. The molecule has 0 saturated carbocycles. The Labute approximate surface area is 115 Å². The Balaban J connectivity index is 2.36. The number of rotatable bonds is 3. The quantitative estimate of drug-likeness (QED) is 0.882. The highest BCUT2D eigenvalue weighted by atomic mass is 32.2. The second kappa shape index (κ2) is 5.06. The number of hydrogen-bond donors (Lipinski definition) is 2. The minimum absolute atomic E-state index is 0.0302. The van der Waals surface area contributed by atoms with E-state index in [1.807, 2.05) is 0 Å². The molecule has 0 unspecified atom stereocenters. The van der Waals surface area contributed by atoms with Crippen molar-refractivity contribution in [1.29, 1.82) is 0 Å². The molecule has 3 N–H and O–H groups in total. The molecule has 1 amide bonds. The molecule has 0 saturated heterocycles. The minimum Gasteiger partial charge on any atom is -0.361 e. The third kappa shape index (κ3) is 2.70. The van der Waals surface area contributed by atoms with Gasteiger partial charge in [-0.2, -0.15) is 0 Å². The molecule has 20 heavy (non-hydrogen) atoms. The summed E-state index contributed by atoms with van der Waals surface area (Å²) in [6.45, 7) is 3.17. The molecule has 1 aromatic heterocycles. The van der Waals surface area contributed by atoms with E-state index in [1.54, 1.807) is 19.9 Å². The molecule has 0 fully saturated rings. The van der Waals surface area contributed by atoms with E-state index < -0.39 is 15.9 Å². The van der Waals surface area contributed by atoms with Crippen molar-refractivity contribution in [3.63, 3.8) is 0 Å². The summed E-state index contributed by atoms with van der Waals surface area (Å²) in [5.74, 6) is -0.0545. The van der Waals surface area contributed by atoms with E-state index in [4.69, 9.17) is 9.66 Å². The topological polar surface area (TPSA) is 115 Å². The lowest BCUT2D eigenvalue weighted by Crippen LogP contribution is -2.17. The average Bonchev–Trinajstić information content (AvgIpc) is 2.76. The number of benzene rings is 1. The molecule has 0 atom stereocenters. The van der Waals surface area contributed by atoms with Gasteiger partial charge in [0.1, 0.15) is 11.3 Å². The van der Waals surface area contributed by atoms with Crippen molar-refractivity contribution in [3.8, 4) is 0 Å². The van der Waals surface area contributed by atoms with Crippen LogP contribution in [-0.2, 0) is 10.0 Å². The average molecular weight is 295 g/mol. The highest BCUT2D eigenvalue weighted by Crippen LogP contribution is 2.22. The third-order valence-electron chi connectivity index (χ3n) is 2.83. The monoisotopic (exact) mass is 295 g/mol. The fraction of sp³-hybridized carbons (Fsp3) is 0.167. The Bertz CT molecular complexity index is 765. The zero-order chi connectivity index (χ0) is 14.9. The molecule has 1 heterocycles. The molecular weight excluding hydrogens is 282 g/mol. The standard InChI is InChI=1S/C12H13N3O4S/c1-7-10(4-3-5-11(7)20(13,17)18)15-12(16)9-6-14-19-8(9)2/h3-6H,1-2H3,(H,15,16)(H2,13,17,18). The van der Waals surface area contributed by atoms with E-state index >= 15 is 0 Å². The van der Waals surface area contributed by atoms with Crippen molar-refractivity contribution < 1.29 is 17.7 Å². The molecular formula is C12H13N3O4S. The highest BCUT2D eigenvalue weighted by molar-refractivity contribution is 7.89. The Morgan fingerprint density at radius 3 is 2.60 bits per heavy atom. The van der Waals surface area contributed by atoms with E-state index in [2.05, 4.69) is 10.5 Å². The van der Waals surface area contributed by atoms with E-state index in [1.165, 1.54) is 18.3 Å². The van der Waals surface area contributed by atoms with Crippen LogP contribution in [0.25, 0.3) is 0 Å². The number of aryl methyl sites for hydroxylation is 1. The predicted molar refractivity (Wildman–Crippen MR) is 71.7 cm³/mol. The first-order valence-corrected chi connectivity index (χ1v) is 7.20. The summed E-state index contributed by atoms with van der Waals surface area (Å²) >= 11 is 0. The lowest BCUT2D eigenvalue weighted by Gasteiger charge is -2.10. The first-order chi connectivity index (χ1) is 9.30. The SMILES string of the molecule is Cc1oncc1C(=O)Nc1cccc(S(N)(=O)=O)c1C. The maximum atomic E-state index is 12.0. The van der Waals surface area contributed by atoms with Gasteiger partial charge in [-0.05, 0) is 31.5 Å². The van der Waals surface area contributed by atoms with Gasteiger partial charge >= 0.3 is 0 Å². The van der Waals surface area contributed by atoms with Crippen molar-refractivity contribution in [1.82, 2.24) is 5.16 Å². The molecule has 2 rings (SSSR count). The second-order valence-corrected chi connectivity index (χ2v) is 5.75. The van der Waals surface area contributed by atoms with Gasteiger partial charge in [0.2, 0.25) is 10.0 Å². The van der Waals surface area contributed by atoms with Crippen LogP contribution in [-0.4, -0.2) is 19.5 Å². The minimum atomic E-state index is -3.84. The van der Waals surface area contributed by atoms with Gasteiger partial charge in [0, 0.05) is 5.69 Å². The zero-order valence-corrected chi connectivity index (χ0v) is 11.7. The molecule has 0 aliphatic heterocycles. The van der Waals surface area contributed by atoms with Crippen LogP contribution in [0.2, 0.25) is 0 Å². The van der Waals surface area contributed by atoms with Crippen LogP contribution in [0.15, 0.2) is 33.8 Å². The molecule has 0 radical (unpaired) electrons. The smallest absolute Gasteiger partial charge is 0.260 e. The normalized spacial score (nSPS) is 11.3. The number of hydrogen-bond acceptors (Lipinski definition) is 5. The summed E-state index contributed by atoms with van der Waals surface area (Å²) in [4.78, 5) is 12.0. The number of carbonyl (C=O) groups excluding carboxylic acids is 1. The molecule has 8 heteroatoms. The van der Waals surface area contributed by atoms with Crippen LogP contribution in [0.3, 0.4) is 0 Å². The molecule has 106 valence electrons. The number of aromatic nitrogens is 1. The highest BCUT2D eigenvalue weighted by Gasteiger charge is 2.17. The van der Waals surface area contributed by atoms with Crippen LogP contribution in [0.4, 0.5) is 5.69 Å².